The number of nitrogens with one attached hydrogen (secondary N) is 1. The van der Waals surface area contributed by atoms with Gasteiger partial charge in [-0.3, -0.25) is 15.0 Å². The van der Waals surface area contributed by atoms with Gasteiger partial charge in [0.05, 0.1) is 9.95 Å². The fourth-order valence-corrected chi connectivity index (χ4v) is 2.44. The van der Waals surface area contributed by atoms with Crippen molar-refractivity contribution >= 4 is 23.0 Å². The van der Waals surface area contributed by atoms with Gasteiger partial charge in [-0.2, -0.15) is 0 Å². The molecule has 1 saturated carbocycles. The number of hydrogen-bond acceptors (Lipinski definition) is 4. The van der Waals surface area contributed by atoms with Gasteiger partial charge in [0.1, 0.15) is 5.69 Å². The Labute approximate surface area is 117 Å². The number of likely N-dealkylation sites (N-methyl/N-ethyl adjacent to an activating group) is 1. The average molecular weight is 284 g/mol. The third kappa shape index (κ3) is 3.58. The molecule has 0 radical (unpaired) electrons. The van der Waals surface area contributed by atoms with Crippen LogP contribution >= 0.6 is 11.6 Å². The second-order valence-corrected chi connectivity index (χ2v) is 5.08. The van der Waals surface area contributed by atoms with E-state index in [9.17, 15) is 10.1 Å². The second kappa shape index (κ2) is 6.21. The normalized spacial score (nSPS) is 14.7. The molecule has 104 valence electrons. The molecule has 0 saturated heterocycles. The van der Waals surface area contributed by atoms with Gasteiger partial charge in [0.15, 0.2) is 0 Å². The number of anilines is 1. The fraction of sp³-hybridized carbons (Fsp3) is 0.538. The largest absolute Gasteiger partial charge is 0.377 e. The first-order chi connectivity index (χ1) is 9.13. The summed E-state index contributed by atoms with van der Waals surface area (Å²) in [7, 11) is 0. The zero-order valence-electron chi connectivity index (χ0n) is 10.9. The molecule has 5 nitrogen and oxygen atoms in total. The maximum absolute atomic E-state index is 10.9. The molecule has 0 atom stereocenters. The molecule has 2 rings (SSSR count). The average Bonchev–Trinajstić information content (AvgIpc) is 3.20. The Morgan fingerprint density at radius 1 is 1.53 bits per heavy atom. The van der Waals surface area contributed by atoms with Crippen molar-refractivity contribution in [3.05, 3.63) is 33.3 Å². The van der Waals surface area contributed by atoms with E-state index in [4.69, 9.17) is 11.6 Å². The lowest BCUT2D eigenvalue weighted by Gasteiger charge is -2.20. The van der Waals surface area contributed by atoms with E-state index in [0.29, 0.717) is 23.3 Å². The summed E-state index contributed by atoms with van der Waals surface area (Å²) in [4.78, 5) is 12.9. The SMILES string of the molecule is CCN(CCNc1c(Cl)cccc1[N+](=O)[O-])C1CC1. The van der Waals surface area contributed by atoms with E-state index >= 15 is 0 Å². The molecule has 0 amide bonds. The summed E-state index contributed by atoms with van der Waals surface area (Å²) in [5.74, 6) is 0. The summed E-state index contributed by atoms with van der Waals surface area (Å²) in [5.41, 5.74) is 0.447. The molecule has 0 bridgehead atoms. The van der Waals surface area contributed by atoms with Gasteiger partial charge in [-0.05, 0) is 25.5 Å². The molecule has 0 heterocycles. The van der Waals surface area contributed by atoms with Crippen molar-refractivity contribution in [1.29, 1.82) is 0 Å². The van der Waals surface area contributed by atoms with Crippen molar-refractivity contribution in [2.24, 2.45) is 0 Å². The number of rotatable bonds is 7. The van der Waals surface area contributed by atoms with Crippen molar-refractivity contribution in [3.63, 3.8) is 0 Å². The first-order valence-corrected chi connectivity index (χ1v) is 6.92. The molecular weight excluding hydrogens is 266 g/mol. The van der Waals surface area contributed by atoms with Gasteiger partial charge in [0.2, 0.25) is 0 Å². The number of nitrogens with zero attached hydrogens (tertiary/aromatic N) is 2. The zero-order chi connectivity index (χ0) is 13.8. The number of nitro groups is 1. The van der Waals surface area contributed by atoms with Crippen LogP contribution in [0.4, 0.5) is 11.4 Å². The van der Waals surface area contributed by atoms with Gasteiger partial charge in [0, 0.05) is 25.2 Å². The van der Waals surface area contributed by atoms with Crippen LogP contribution in [0, 0.1) is 10.1 Å². The molecule has 1 N–H and O–H groups in total. The number of benzene rings is 1. The van der Waals surface area contributed by atoms with Crippen molar-refractivity contribution < 1.29 is 4.92 Å². The Kier molecular flexibility index (Phi) is 4.61. The number of halogens is 1. The Hall–Kier alpha value is -1.33. The molecule has 1 fully saturated rings. The van der Waals surface area contributed by atoms with Gasteiger partial charge in [0.25, 0.3) is 5.69 Å². The molecule has 0 aromatic heterocycles. The molecule has 1 aromatic carbocycles. The monoisotopic (exact) mass is 283 g/mol. The topological polar surface area (TPSA) is 58.4 Å². The maximum Gasteiger partial charge on any atom is 0.293 e. The summed E-state index contributed by atoms with van der Waals surface area (Å²) in [6.45, 7) is 4.69. The number of nitro benzene ring substituents is 1. The quantitative estimate of drug-likeness (QED) is 0.617. The molecule has 1 aliphatic carbocycles. The molecule has 1 aromatic rings. The lowest BCUT2D eigenvalue weighted by Crippen LogP contribution is -2.31. The van der Waals surface area contributed by atoms with Crippen LogP contribution in [-0.4, -0.2) is 35.5 Å². The van der Waals surface area contributed by atoms with Crippen molar-refractivity contribution in [2.45, 2.75) is 25.8 Å². The first kappa shape index (κ1) is 14.1. The van der Waals surface area contributed by atoms with Gasteiger partial charge < -0.3 is 5.32 Å². The van der Waals surface area contributed by atoms with E-state index in [-0.39, 0.29) is 5.69 Å². The van der Waals surface area contributed by atoms with Gasteiger partial charge in [-0.25, -0.2) is 0 Å². The molecule has 6 heteroatoms. The van der Waals surface area contributed by atoms with Crippen LogP contribution in [0.25, 0.3) is 0 Å². The standard InChI is InChI=1S/C13H18ClN3O2/c1-2-16(10-6-7-10)9-8-15-13-11(14)4-3-5-12(13)17(18)19/h3-5,10,15H,2,6-9H2,1H3. The highest BCUT2D eigenvalue weighted by molar-refractivity contribution is 6.33. The van der Waals surface area contributed by atoms with E-state index in [0.717, 1.165) is 13.1 Å². The molecule has 0 unspecified atom stereocenters. The highest BCUT2D eigenvalue weighted by Gasteiger charge is 2.27. The number of para-hydroxylation sites is 1. The zero-order valence-corrected chi connectivity index (χ0v) is 11.7. The van der Waals surface area contributed by atoms with Crippen LogP contribution in [0.1, 0.15) is 19.8 Å². The molecule has 19 heavy (non-hydrogen) atoms. The molecular formula is C13H18ClN3O2. The summed E-state index contributed by atoms with van der Waals surface area (Å²) >= 11 is 6.02. The molecule has 0 aliphatic heterocycles. The van der Waals surface area contributed by atoms with E-state index in [1.807, 2.05) is 0 Å². The van der Waals surface area contributed by atoms with Crippen LogP contribution < -0.4 is 5.32 Å². The lowest BCUT2D eigenvalue weighted by molar-refractivity contribution is -0.383. The lowest BCUT2D eigenvalue weighted by atomic mass is 10.2. The van der Waals surface area contributed by atoms with Crippen LogP contribution in [0.15, 0.2) is 18.2 Å². The van der Waals surface area contributed by atoms with Crippen molar-refractivity contribution in [2.75, 3.05) is 25.0 Å². The number of hydrogen-bond donors (Lipinski definition) is 1. The fourth-order valence-electron chi connectivity index (χ4n) is 2.20. The van der Waals surface area contributed by atoms with E-state index in [1.165, 1.54) is 18.9 Å². The van der Waals surface area contributed by atoms with Gasteiger partial charge >= 0.3 is 0 Å². The predicted octanol–water partition coefficient (Wildman–Crippen LogP) is 3.14. The third-order valence-corrected chi connectivity index (χ3v) is 3.67. The Bertz CT molecular complexity index is 463. The maximum atomic E-state index is 10.9. The molecule has 0 spiro atoms. The minimum atomic E-state index is -0.410. The van der Waals surface area contributed by atoms with E-state index in [1.54, 1.807) is 12.1 Å². The molecule has 1 aliphatic rings. The van der Waals surface area contributed by atoms with Crippen molar-refractivity contribution in [3.8, 4) is 0 Å². The Morgan fingerprint density at radius 2 is 2.26 bits per heavy atom. The minimum absolute atomic E-state index is 0.0296. The van der Waals surface area contributed by atoms with E-state index in [2.05, 4.69) is 17.1 Å². The smallest absolute Gasteiger partial charge is 0.293 e. The third-order valence-electron chi connectivity index (χ3n) is 3.36. The Morgan fingerprint density at radius 3 is 2.84 bits per heavy atom. The van der Waals surface area contributed by atoms with Crippen LogP contribution in [0.5, 0.6) is 0 Å². The summed E-state index contributed by atoms with van der Waals surface area (Å²) in [6, 6.07) is 5.42. The van der Waals surface area contributed by atoms with Gasteiger partial charge in [-0.1, -0.05) is 24.6 Å². The second-order valence-electron chi connectivity index (χ2n) is 4.68. The van der Waals surface area contributed by atoms with Crippen LogP contribution in [0.3, 0.4) is 0 Å². The van der Waals surface area contributed by atoms with Gasteiger partial charge in [-0.15, -0.1) is 0 Å². The summed E-state index contributed by atoms with van der Waals surface area (Å²) in [6.07, 6.45) is 2.53. The first-order valence-electron chi connectivity index (χ1n) is 6.54. The highest BCUT2D eigenvalue weighted by atomic mass is 35.5. The van der Waals surface area contributed by atoms with E-state index < -0.39 is 4.92 Å². The predicted molar refractivity (Wildman–Crippen MR) is 76.9 cm³/mol. The van der Waals surface area contributed by atoms with Crippen molar-refractivity contribution in [1.82, 2.24) is 4.90 Å². The van der Waals surface area contributed by atoms with Crippen LogP contribution in [0.2, 0.25) is 5.02 Å². The minimum Gasteiger partial charge on any atom is -0.377 e. The summed E-state index contributed by atoms with van der Waals surface area (Å²) in [5, 5.41) is 14.4. The van der Waals surface area contributed by atoms with Crippen LogP contribution in [-0.2, 0) is 0 Å². The summed E-state index contributed by atoms with van der Waals surface area (Å²) < 4.78 is 0. The highest BCUT2D eigenvalue weighted by Crippen LogP contribution is 2.32. The Balaban J connectivity index is 1.96.